The average Bonchev–Trinajstić information content (AvgIpc) is 2.26. The molecule has 0 saturated heterocycles. The maximum Gasteiger partial charge on any atom is 0.328 e. The van der Waals surface area contributed by atoms with E-state index in [1.807, 2.05) is 24.3 Å². The Morgan fingerprint density at radius 3 is 2.69 bits per heavy atom. The van der Waals surface area contributed by atoms with Crippen molar-refractivity contribution in [1.29, 1.82) is 0 Å². The van der Waals surface area contributed by atoms with Crippen LogP contribution < -0.4 is 0 Å². The standard InChI is InChI=1S/C13H14O3/c1-10(8-13(15)16)6-7-11-4-2-3-5-12(11)9-14/h2-8,14H,9H2,1H3,(H,15,16). The van der Waals surface area contributed by atoms with Gasteiger partial charge in [0.05, 0.1) is 6.61 Å². The number of carboxylic acid groups (broad SMARTS) is 1. The molecule has 0 aliphatic carbocycles. The zero-order valence-electron chi connectivity index (χ0n) is 9.05. The van der Waals surface area contributed by atoms with Crippen molar-refractivity contribution in [3.63, 3.8) is 0 Å². The minimum Gasteiger partial charge on any atom is -0.478 e. The number of aliphatic carboxylic acids is 1. The number of aliphatic hydroxyl groups excluding tert-OH is 1. The molecule has 0 aliphatic heterocycles. The van der Waals surface area contributed by atoms with Crippen LogP contribution in [0.2, 0.25) is 0 Å². The fraction of sp³-hybridized carbons (Fsp3) is 0.154. The van der Waals surface area contributed by atoms with Crippen molar-refractivity contribution in [2.75, 3.05) is 0 Å². The summed E-state index contributed by atoms with van der Waals surface area (Å²) in [5.41, 5.74) is 2.37. The lowest BCUT2D eigenvalue weighted by Gasteiger charge is -2.01. The first-order valence-corrected chi connectivity index (χ1v) is 4.91. The average molecular weight is 218 g/mol. The molecule has 2 N–H and O–H groups in total. The number of allylic oxidation sites excluding steroid dienone is 2. The van der Waals surface area contributed by atoms with E-state index in [2.05, 4.69) is 0 Å². The lowest BCUT2D eigenvalue weighted by molar-refractivity contribution is -0.131. The predicted octanol–water partition coefficient (Wildman–Crippen LogP) is 2.22. The van der Waals surface area contributed by atoms with Crippen molar-refractivity contribution in [2.45, 2.75) is 13.5 Å². The first kappa shape index (κ1) is 12.2. The molecule has 16 heavy (non-hydrogen) atoms. The van der Waals surface area contributed by atoms with Crippen molar-refractivity contribution >= 4 is 12.0 Å². The second kappa shape index (κ2) is 5.88. The molecule has 0 unspecified atom stereocenters. The Kier molecular flexibility index (Phi) is 4.48. The van der Waals surface area contributed by atoms with Crippen molar-refractivity contribution < 1.29 is 15.0 Å². The number of benzene rings is 1. The van der Waals surface area contributed by atoms with Crippen LogP contribution >= 0.6 is 0 Å². The van der Waals surface area contributed by atoms with Crippen LogP contribution in [-0.4, -0.2) is 16.2 Å². The second-order valence-corrected chi connectivity index (χ2v) is 3.42. The first-order chi connectivity index (χ1) is 7.63. The Balaban J connectivity index is 2.88. The normalized spacial score (nSPS) is 12.0. The van der Waals surface area contributed by atoms with Gasteiger partial charge in [0.15, 0.2) is 0 Å². The Morgan fingerprint density at radius 1 is 1.38 bits per heavy atom. The Morgan fingerprint density at radius 2 is 2.06 bits per heavy atom. The van der Waals surface area contributed by atoms with Crippen LogP contribution in [0.15, 0.2) is 42.0 Å². The molecular weight excluding hydrogens is 204 g/mol. The maximum absolute atomic E-state index is 10.4. The molecule has 0 amide bonds. The highest BCUT2D eigenvalue weighted by atomic mass is 16.4. The van der Waals surface area contributed by atoms with Crippen LogP contribution in [0.25, 0.3) is 6.08 Å². The van der Waals surface area contributed by atoms with Gasteiger partial charge >= 0.3 is 5.97 Å². The highest BCUT2D eigenvalue weighted by Crippen LogP contribution is 2.11. The van der Waals surface area contributed by atoms with Gasteiger partial charge in [-0.25, -0.2) is 4.79 Å². The third-order valence-electron chi connectivity index (χ3n) is 2.10. The lowest BCUT2D eigenvalue weighted by Crippen LogP contribution is -1.89. The molecule has 1 aromatic carbocycles. The number of hydrogen-bond donors (Lipinski definition) is 2. The molecule has 0 aromatic heterocycles. The van der Waals surface area contributed by atoms with Crippen molar-refractivity contribution in [2.24, 2.45) is 0 Å². The Labute approximate surface area is 94.4 Å². The van der Waals surface area contributed by atoms with E-state index in [0.29, 0.717) is 5.57 Å². The third-order valence-corrected chi connectivity index (χ3v) is 2.10. The Hall–Kier alpha value is -1.87. The molecule has 0 atom stereocenters. The minimum absolute atomic E-state index is 0.0256. The highest BCUT2D eigenvalue weighted by molar-refractivity contribution is 5.81. The Bertz CT molecular complexity index is 431. The van der Waals surface area contributed by atoms with Gasteiger partial charge in [-0.2, -0.15) is 0 Å². The van der Waals surface area contributed by atoms with E-state index in [1.54, 1.807) is 19.1 Å². The molecule has 0 aliphatic rings. The van der Waals surface area contributed by atoms with E-state index in [9.17, 15) is 4.79 Å². The monoisotopic (exact) mass is 218 g/mol. The van der Waals surface area contributed by atoms with Gasteiger partial charge in [0.25, 0.3) is 0 Å². The summed E-state index contributed by atoms with van der Waals surface area (Å²) < 4.78 is 0. The molecule has 0 spiro atoms. The van der Waals surface area contributed by atoms with Crippen molar-refractivity contribution in [3.8, 4) is 0 Å². The van der Waals surface area contributed by atoms with E-state index >= 15 is 0 Å². The van der Waals surface area contributed by atoms with Gasteiger partial charge in [-0.1, -0.05) is 36.4 Å². The van der Waals surface area contributed by atoms with E-state index in [0.717, 1.165) is 17.2 Å². The first-order valence-electron chi connectivity index (χ1n) is 4.91. The van der Waals surface area contributed by atoms with Crippen LogP contribution in [0.1, 0.15) is 18.1 Å². The van der Waals surface area contributed by atoms with Gasteiger partial charge in [0, 0.05) is 6.08 Å². The molecule has 84 valence electrons. The molecule has 1 aromatic rings. The largest absolute Gasteiger partial charge is 0.478 e. The van der Waals surface area contributed by atoms with Crippen molar-refractivity contribution in [3.05, 3.63) is 53.1 Å². The third kappa shape index (κ3) is 3.71. The zero-order chi connectivity index (χ0) is 12.0. The SMILES string of the molecule is CC(C=Cc1ccccc1CO)=CC(=O)O. The number of rotatable bonds is 4. The van der Waals surface area contributed by atoms with Crippen LogP contribution in [0.5, 0.6) is 0 Å². The summed E-state index contributed by atoms with van der Waals surface area (Å²) in [4.78, 5) is 10.4. The minimum atomic E-state index is -0.961. The zero-order valence-corrected chi connectivity index (χ0v) is 9.05. The molecule has 0 bridgehead atoms. The fourth-order valence-electron chi connectivity index (χ4n) is 1.30. The summed E-state index contributed by atoms with van der Waals surface area (Å²) in [6.45, 7) is 1.69. The second-order valence-electron chi connectivity index (χ2n) is 3.42. The van der Waals surface area contributed by atoms with Crippen LogP contribution in [0.4, 0.5) is 0 Å². The van der Waals surface area contributed by atoms with Crippen LogP contribution in [0.3, 0.4) is 0 Å². The summed E-state index contributed by atoms with van der Waals surface area (Å²) in [7, 11) is 0. The van der Waals surface area contributed by atoms with Gasteiger partial charge in [0.2, 0.25) is 0 Å². The topological polar surface area (TPSA) is 57.5 Å². The van der Waals surface area contributed by atoms with Gasteiger partial charge in [-0.05, 0) is 23.6 Å². The predicted molar refractivity (Wildman–Crippen MR) is 62.8 cm³/mol. The summed E-state index contributed by atoms with van der Waals surface area (Å²) in [5, 5.41) is 17.6. The summed E-state index contributed by atoms with van der Waals surface area (Å²) >= 11 is 0. The molecule has 3 heteroatoms. The highest BCUT2D eigenvalue weighted by Gasteiger charge is 1.96. The van der Waals surface area contributed by atoms with Crippen molar-refractivity contribution in [1.82, 2.24) is 0 Å². The molecule has 3 nitrogen and oxygen atoms in total. The lowest BCUT2D eigenvalue weighted by atomic mass is 10.1. The summed E-state index contributed by atoms with van der Waals surface area (Å²) in [6.07, 6.45) is 4.64. The number of hydrogen-bond acceptors (Lipinski definition) is 2. The van der Waals surface area contributed by atoms with E-state index in [4.69, 9.17) is 10.2 Å². The summed E-state index contributed by atoms with van der Waals surface area (Å²) in [6, 6.07) is 7.42. The number of carboxylic acids is 1. The quantitative estimate of drug-likeness (QED) is 0.601. The van der Waals surface area contributed by atoms with Gasteiger partial charge in [-0.3, -0.25) is 0 Å². The molecule has 0 radical (unpaired) electrons. The number of aliphatic hydroxyl groups is 1. The van der Waals surface area contributed by atoms with Gasteiger partial charge < -0.3 is 10.2 Å². The van der Waals surface area contributed by atoms with E-state index < -0.39 is 5.97 Å². The molecule has 1 rings (SSSR count). The smallest absolute Gasteiger partial charge is 0.328 e. The molecule has 0 saturated carbocycles. The van der Waals surface area contributed by atoms with Gasteiger partial charge in [-0.15, -0.1) is 0 Å². The molecule has 0 fully saturated rings. The molecule has 0 heterocycles. The number of carbonyl (C=O) groups is 1. The van der Waals surface area contributed by atoms with Crippen LogP contribution in [0, 0.1) is 0 Å². The summed E-state index contributed by atoms with van der Waals surface area (Å²) in [5.74, 6) is -0.961. The fourth-order valence-corrected chi connectivity index (χ4v) is 1.30. The maximum atomic E-state index is 10.4. The van der Waals surface area contributed by atoms with Gasteiger partial charge in [0.1, 0.15) is 0 Å². The molecular formula is C13H14O3. The van der Waals surface area contributed by atoms with E-state index in [1.165, 1.54) is 0 Å². The van der Waals surface area contributed by atoms with Crippen LogP contribution in [-0.2, 0) is 11.4 Å². The van der Waals surface area contributed by atoms with E-state index in [-0.39, 0.29) is 6.61 Å².